The van der Waals surface area contributed by atoms with Crippen LogP contribution < -0.4 is 21.8 Å². The van der Waals surface area contributed by atoms with Crippen molar-refractivity contribution in [2.45, 2.75) is 19.3 Å². The number of halogens is 3. The second kappa shape index (κ2) is 20.1. The largest absolute Gasteiger partial charge is 0.356 e. The highest BCUT2D eigenvalue weighted by Crippen LogP contribution is 2.30. The molecular formula is C49H43F3N8O2. The number of rotatable bonds is 13. The number of anilines is 2. The summed E-state index contributed by atoms with van der Waals surface area (Å²) in [5.74, 6) is -0.103. The van der Waals surface area contributed by atoms with Gasteiger partial charge in [-0.3, -0.25) is 28.7 Å². The maximum atomic E-state index is 13.4. The van der Waals surface area contributed by atoms with Crippen LogP contribution in [0.1, 0.15) is 17.5 Å². The highest BCUT2D eigenvalue weighted by molar-refractivity contribution is 5.82. The Bertz CT molecular complexity index is 2840. The second-order valence-electron chi connectivity index (χ2n) is 14.4. The van der Waals surface area contributed by atoms with Gasteiger partial charge in [0, 0.05) is 63.1 Å². The molecular weight excluding hydrogens is 790 g/mol. The van der Waals surface area contributed by atoms with Gasteiger partial charge >= 0.3 is 0 Å². The maximum absolute atomic E-state index is 13.4. The van der Waals surface area contributed by atoms with Crippen LogP contribution in [-0.2, 0) is 26.9 Å². The summed E-state index contributed by atoms with van der Waals surface area (Å²) >= 11 is 0. The zero-order valence-corrected chi connectivity index (χ0v) is 34.1. The van der Waals surface area contributed by atoms with Crippen molar-refractivity contribution in [2.75, 3.05) is 23.7 Å². The fourth-order valence-corrected chi connectivity index (χ4v) is 6.82. The van der Waals surface area contributed by atoms with E-state index in [9.17, 15) is 22.8 Å². The van der Waals surface area contributed by atoms with Gasteiger partial charge in [-0.15, -0.1) is 0 Å². The molecule has 0 aliphatic rings. The Morgan fingerprint density at radius 3 is 1.32 bits per heavy atom. The SMILES string of the molecule is Cn1c(NCCCc2ccccc2)nc(-c2ccncc2)c(-c2ccc(F)cc2)c1=O.Cn1c(NCCc2ccc(F)cc2)nc(-c2ccncc2)c(-c2ccc(F)cc2)c1=O. The minimum atomic E-state index is -0.377. The number of nitrogens with zero attached hydrogens (tertiary/aromatic N) is 6. The number of aryl methyl sites for hydroxylation is 1. The maximum Gasteiger partial charge on any atom is 0.263 e. The zero-order valence-electron chi connectivity index (χ0n) is 34.1. The van der Waals surface area contributed by atoms with Crippen molar-refractivity contribution < 1.29 is 13.2 Å². The average molecular weight is 833 g/mol. The molecule has 10 nitrogen and oxygen atoms in total. The summed E-state index contributed by atoms with van der Waals surface area (Å²) in [6.07, 6.45) is 9.07. The molecule has 2 N–H and O–H groups in total. The fraction of sp³-hybridized carbons (Fsp3) is 0.143. The smallest absolute Gasteiger partial charge is 0.263 e. The molecule has 0 fully saturated rings. The van der Waals surface area contributed by atoms with Crippen molar-refractivity contribution in [1.82, 2.24) is 29.1 Å². The molecule has 0 saturated carbocycles. The molecule has 0 aliphatic heterocycles. The summed E-state index contributed by atoms with van der Waals surface area (Å²) in [6, 6.07) is 35.4. The van der Waals surface area contributed by atoms with E-state index in [1.165, 1.54) is 51.1 Å². The highest BCUT2D eigenvalue weighted by atomic mass is 19.1. The van der Waals surface area contributed by atoms with Crippen LogP contribution in [0, 0.1) is 17.5 Å². The van der Waals surface area contributed by atoms with E-state index in [2.05, 4.69) is 32.7 Å². The third-order valence-corrected chi connectivity index (χ3v) is 10.1. The van der Waals surface area contributed by atoms with Crippen molar-refractivity contribution in [1.29, 1.82) is 0 Å². The number of aromatic nitrogens is 6. The van der Waals surface area contributed by atoms with E-state index >= 15 is 0 Å². The second-order valence-corrected chi connectivity index (χ2v) is 14.4. The molecule has 0 bridgehead atoms. The Kier molecular flexibility index (Phi) is 13.7. The van der Waals surface area contributed by atoms with Gasteiger partial charge in [-0.25, -0.2) is 23.1 Å². The van der Waals surface area contributed by atoms with Crippen molar-refractivity contribution in [3.05, 3.63) is 201 Å². The van der Waals surface area contributed by atoms with Gasteiger partial charge in [0.2, 0.25) is 11.9 Å². The van der Waals surface area contributed by atoms with Gasteiger partial charge < -0.3 is 10.6 Å². The van der Waals surface area contributed by atoms with E-state index in [1.807, 2.05) is 30.3 Å². The number of hydrogen-bond donors (Lipinski definition) is 2. The van der Waals surface area contributed by atoms with Crippen LogP contribution in [0.3, 0.4) is 0 Å². The molecule has 62 heavy (non-hydrogen) atoms. The van der Waals surface area contributed by atoms with Crippen molar-refractivity contribution >= 4 is 11.9 Å². The van der Waals surface area contributed by atoms with Crippen LogP contribution in [-0.4, -0.2) is 42.2 Å². The van der Waals surface area contributed by atoms with Crippen molar-refractivity contribution in [2.24, 2.45) is 14.1 Å². The monoisotopic (exact) mass is 832 g/mol. The molecule has 4 aromatic carbocycles. The zero-order chi connectivity index (χ0) is 43.4. The van der Waals surface area contributed by atoms with Crippen LogP contribution in [0.5, 0.6) is 0 Å². The number of pyridine rings is 2. The molecule has 4 aromatic heterocycles. The number of benzene rings is 4. The summed E-state index contributed by atoms with van der Waals surface area (Å²) in [7, 11) is 3.33. The normalized spacial score (nSPS) is 10.8. The Balaban J connectivity index is 0.000000186. The molecule has 0 unspecified atom stereocenters. The van der Waals surface area contributed by atoms with Crippen LogP contribution in [0.4, 0.5) is 25.1 Å². The Morgan fingerprint density at radius 2 is 0.871 bits per heavy atom. The molecule has 8 aromatic rings. The van der Waals surface area contributed by atoms with Crippen molar-refractivity contribution in [3.63, 3.8) is 0 Å². The standard InChI is InChI=1S/C25H23FN4O.C24H20F2N4O/c1-30-24(31)22(19-9-11-21(26)12-10-19)23(20-13-16-27-17-14-20)29-25(30)28-15-5-8-18-6-3-2-4-7-18;1-30-23(31)21(17-4-8-20(26)9-5-17)22(18-11-13-27-14-12-18)29-24(30)28-15-10-16-2-6-19(25)7-3-16/h2-4,6-7,9-14,16-17H,5,8,15H2,1H3,(H,28,29);2-9,11-14H,10,15H2,1H3,(H,28,29). The minimum Gasteiger partial charge on any atom is -0.356 e. The molecule has 0 radical (unpaired) electrons. The molecule has 8 rings (SSSR count). The average Bonchev–Trinajstić information content (AvgIpc) is 3.30. The van der Waals surface area contributed by atoms with E-state index in [4.69, 9.17) is 9.97 Å². The first-order valence-electron chi connectivity index (χ1n) is 20.0. The molecule has 0 spiro atoms. The van der Waals surface area contributed by atoms with Crippen LogP contribution in [0.25, 0.3) is 44.8 Å². The lowest BCUT2D eigenvalue weighted by Crippen LogP contribution is -2.25. The molecule has 0 amide bonds. The third kappa shape index (κ3) is 10.4. The summed E-state index contributed by atoms with van der Waals surface area (Å²) in [5.41, 5.74) is 6.36. The Morgan fingerprint density at radius 1 is 0.468 bits per heavy atom. The fourth-order valence-electron chi connectivity index (χ4n) is 6.82. The summed E-state index contributed by atoms with van der Waals surface area (Å²) in [5, 5.41) is 6.50. The van der Waals surface area contributed by atoms with Gasteiger partial charge in [0.05, 0.1) is 22.5 Å². The molecule has 4 heterocycles. The Labute approximate surface area is 356 Å². The number of nitrogens with one attached hydrogen (secondary N) is 2. The molecule has 0 aliphatic carbocycles. The lowest BCUT2D eigenvalue weighted by molar-refractivity contribution is 0.627. The lowest BCUT2D eigenvalue weighted by Gasteiger charge is -2.16. The molecule has 312 valence electrons. The summed E-state index contributed by atoms with van der Waals surface area (Å²) in [6.45, 7) is 1.19. The number of hydrogen-bond acceptors (Lipinski definition) is 8. The van der Waals surface area contributed by atoms with Crippen LogP contribution in [0.15, 0.2) is 162 Å². The first-order valence-corrected chi connectivity index (χ1v) is 20.0. The van der Waals surface area contributed by atoms with Gasteiger partial charge in [0.15, 0.2) is 0 Å². The Hall–Kier alpha value is -7.67. The first-order chi connectivity index (χ1) is 30.2. The predicted molar refractivity (Wildman–Crippen MR) is 238 cm³/mol. The van der Waals surface area contributed by atoms with Gasteiger partial charge in [0.25, 0.3) is 11.1 Å². The van der Waals surface area contributed by atoms with E-state index < -0.39 is 0 Å². The molecule has 0 atom stereocenters. The first kappa shape index (κ1) is 42.5. The quantitative estimate of drug-likeness (QED) is 0.111. The summed E-state index contributed by atoms with van der Waals surface area (Å²) < 4.78 is 42.9. The van der Waals surface area contributed by atoms with E-state index in [-0.39, 0.29) is 28.6 Å². The van der Waals surface area contributed by atoms with Crippen LogP contribution >= 0.6 is 0 Å². The molecule has 13 heteroatoms. The van der Waals surface area contributed by atoms with E-state index in [1.54, 1.807) is 87.4 Å². The van der Waals surface area contributed by atoms with E-state index in [0.717, 1.165) is 29.5 Å². The summed E-state index contributed by atoms with van der Waals surface area (Å²) in [4.78, 5) is 44.2. The highest BCUT2D eigenvalue weighted by Gasteiger charge is 2.20. The van der Waals surface area contributed by atoms with Gasteiger partial charge in [-0.2, -0.15) is 0 Å². The van der Waals surface area contributed by atoms with E-state index in [0.29, 0.717) is 65.0 Å². The third-order valence-electron chi connectivity index (χ3n) is 10.1. The van der Waals surface area contributed by atoms with Gasteiger partial charge in [0.1, 0.15) is 17.5 Å². The van der Waals surface area contributed by atoms with Crippen molar-refractivity contribution in [3.8, 4) is 44.8 Å². The molecule has 0 saturated heterocycles. The lowest BCUT2D eigenvalue weighted by atomic mass is 10.0. The van der Waals surface area contributed by atoms with Crippen LogP contribution in [0.2, 0.25) is 0 Å². The van der Waals surface area contributed by atoms with Gasteiger partial charge in [-0.05, 0) is 102 Å². The predicted octanol–water partition coefficient (Wildman–Crippen LogP) is 9.14. The minimum absolute atomic E-state index is 0.195. The topological polar surface area (TPSA) is 120 Å². The van der Waals surface area contributed by atoms with Gasteiger partial charge in [-0.1, -0.05) is 66.7 Å².